The average Bonchev–Trinajstić information content (AvgIpc) is 3.24. The molecule has 4 atom stereocenters. The van der Waals surface area contributed by atoms with Gasteiger partial charge in [0.05, 0.1) is 24.4 Å². The van der Waals surface area contributed by atoms with E-state index in [9.17, 15) is 19.8 Å². The number of hydrogen-bond donors (Lipinski definition) is 4. The number of nitrogens with one attached hydrogen (secondary N) is 2. The van der Waals surface area contributed by atoms with Gasteiger partial charge in [-0.3, -0.25) is 0 Å². The zero-order valence-electron chi connectivity index (χ0n) is 30.6. The Labute approximate surface area is 329 Å². The molecule has 10 nitrogen and oxygen atoms in total. The molecular formula is C45H41N3O7S. The molecule has 4 N–H and O–H groups in total. The Bertz CT molecular complexity index is 2250. The van der Waals surface area contributed by atoms with Crippen LogP contribution in [0.25, 0.3) is 11.1 Å². The largest absolute Gasteiger partial charge is 0.478 e. The Morgan fingerprint density at radius 2 is 1.50 bits per heavy atom. The number of carboxylic acid groups (broad SMARTS) is 1. The first-order valence-electron chi connectivity index (χ1n) is 18.2. The SMILES string of the molecule is C[C@@H]1[C@H](CSc2ncccc2C(=O)O)O[C@H](c2cccc(-c3cccc(CNC(=O)Nc4ccc(Oc5ccccc5)cc4)c3)c2)O[C@@H]1c1ccc(CO)cc1. The van der Waals surface area contributed by atoms with Crippen LogP contribution in [0.15, 0.2) is 151 Å². The van der Waals surface area contributed by atoms with Gasteiger partial charge in [-0.2, -0.15) is 0 Å². The summed E-state index contributed by atoms with van der Waals surface area (Å²) < 4.78 is 19.2. The topological polar surface area (TPSA) is 139 Å². The molecule has 0 aliphatic carbocycles. The van der Waals surface area contributed by atoms with Crippen LogP contribution in [-0.4, -0.2) is 39.1 Å². The first-order valence-corrected chi connectivity index (χ1v) is 19.2. The number of pyridine rings is 1. The van der Waals surface area contributed by atoms with Crippen molar-refractivity contribution in [3.05, 3.63) is 174 Å². The van der Waals surface area contributed by atoms with Crippen LogP contribution >= 0.6 is 11.8 Å². The van der Waals surface area contributed by atoms with Gasteiger partial charge >= 0.3 is 12.0 Å². The van der Waals surface area contributed by atoms with Crippen LogP contribution in [0.4, 0.5) is 10.5 Å². The van der Waals surface area contributed by atoms with Gasteiger partial charge in [0.15, 0.2) is 6.29 Å². The number of aromatic carboxylic acids is 1. The van der Waals surface area contributed by atoms with E-state index >= 15 is 0 Å². The van der Waals surface area contributed by atoms with Crippen LogP contribution < -0.4 is 15.4 Å². The molecular weight excluding hydrogens is 727 g/mol. The van der Waals surface area contributed by atoms with Gasteiger partial charge in [-0.15, -0.1) is 11.8 Å². The average molecular weight is 768 g/mol. The van der Waals surface area contributed by atoms with Crippen molar-refractivity contribution in [1.82, 2.24) is 10.3 Å². The molecule has 2 heterocycles. The van der Waals surface area contributed by atoms with E-state index < -0.39 is 12.3 Å². The molecule has 11 heteroatoms. The molecule has 1 aromatic heterocycles. The third-order valence-corrected chi connectivity index (χ3v) is 10.6. The van der Waals surface area contributed by atoms with E-state index in [1.165, 1.54) is 11.8 Å². The minimum atomic E-state index is -1.03. The van der Waals surface area contributed by atoms with Gasteiger partial charge in [0, 0.05) is 35.7 Å². The highest BCUT2D eigenvalue weighted by molar-refractivity contribution is 7.99. The van der Waals surface area contributed by atoms with Crippen molar-refractivity contribution >= 4 is 29.4 Å². The summed E-state index contributed by atoms with van der Waals surface area (Å²) in [5, 5.41) is 25.6. The van der Waals surface area contributed by atoms with Crippen molar-refractivity contribution < 1.29 is 34.0 Å². The van der Waals surface area contributed by atoms with E-state index in [1.54, 1.807) is 42.6 Å². The highest BCUT2D eigenvalue weighted by Crippen LogP contribution is 2.43. The van der Waals surface area contributed by atoms with Gasteiger partial charge in [0.2, 0.25) is 0 Å². The summed E-state index contributed by atoms with van der Waals surface area (Å²) in [5.41, 5.74) is 6.21. The Kier molecular flexibility index (Phi) is 12.4. The van der Waals surface area contributed by atoms with Crippen molar-refractivity contribution in [2.45, 2.75) is 43.6 Å². The molecule has 5 aromatic carbocycles. The smallest absolute Gasteiger partial charge is 0.338 e. The van der Waals surface area contributed by atoms with Gasteiger partial charge in [-0.05, 0) is 88.5 Å². The molecule has 7 rings (SSSR count). The normalized spacial score (nSPS) is 17.8. The Morgan fingerprint density at radius 1 is 0.768 bits per heavy atom. The second kappa shape index (κ2) is 18.1. The summed E-state index contributed by atoms with van der Waals surface area (Å²) in [6, 6.07) is 43.2. The molecule has 0 unspecified atom stereocenters. The quantitative estimate of drug-likeness (QED) is 0.0846. The maximum atomic E-state index is 12.8. The second-order valence-electron chi connectivity index (χ2n) is 13.4. The fraction of sp³-hybridized carbons (Fsp3) is 0.178. The van der Waals surface area contributed by atoms with Gasteiger partial charge in [0.1, 0.15) is 16.5 Å². The van der Waals surface area contributed by atoms with E-state index in [4.69, 9.17) is 14.2 Å². The molecule has 1 aliphatic rings. The van der Waals surface area contributed by atoms with E-state index in [-0.39, 0.29) is 36.3 Å². The molecule has 0 spiro atoms. The van der Waals surface area contributed by atoms with Crippen LogP contribution in [0.3, 0.4) is 0 Å². The summed E-state index contributed by atoms with van der Waals surface area (Å²) in [6.45, 7) is 2.33. The number of carboxylic acids is 1. The lowest BCUT2D eigenvalue weighted by Gasteiger charge is -2.41. The van der Waals surface area contributed by atoms with Crippen LogP contribution in [0.5, 0.6) is 11.5 Å². The van der Waals surface area contributed by atoms with Crippen LogP contribution in [0.1, 0.15) is 51.9 Å². The number of para-hydroxylation sites is 1. The number of nitrogens with zero attached hydrogens (tertiary/aromatic N) is 1. The molecule has 0 saturated carbocycles. The van der Waals surface area contributed by atoms with Gasteiger partial charge in [0.25, 0.3) is 0 Å². The lowest BCUT2D eigenvalue weighted by molar-refractivity contribution is -0.268. The zero-order valence-corrected chi connectivity index (χ0v) is 31.4. The number of amides is 2. The number of benzene rings is 5. The third-order valence-electron chi connectivity index (χ3n) is 9.47. The molecule has 1 saturated heterocycles. The lowest BCUT2D eigenvalue weighted by atomic mass is 9.91. The van der Waals surface area contributed by atoms with Crippen molar-refractivity contribution in [2.24, 2.45) is 5.92 Å². The van der Waals surface area contributed by atoms with Crippen LogP contribution in [0, 0.1) is 5.92 Å². The van der Waals surface area contributed by atoms with Crippen molar-refractivity contribution in [3.8, 4) is 22.6 Å². The summed E-state index contributed by atoms with van der Waals surface area (Å²) in [4.78, 5) is 29.0. The maximum Gasteiger partial charge on any atom is 0.338 e. The highest BCUT2D eigenvalue weighted by Gasteiger charge is 2.38. The molecule has 284 valence electrons. The van der Waals surface area contributed by atoms with E-state index in [1.807, 2.05) is 103 Å². The van der Waals surface area contributed by atoms with E-state index in [0.717, 1.165) is 39.1 Å². The summed E-state index contributed by atoms with van der Waals surface area (Å²) in [7, 11) is 0. The standard InChI is InChI=1S/C45H41N3O7S/c1-29-40(28-56-42-39(43(50)51)14-7-23-46-42)54-44(55-41(29)32-17-15-30(27-49)16-18-32)35-11-6-10-34(25-35)33-9-5-8-31(24-33)26-47-45(52)48-36-19-21-38(22-20-36)53-37-12-3-2-4-13-37/h2-25,29,40-41,44,49H,26-28H2,1H3,(H,50,51)(H2,47,48,52)/t29-,40+,41+,44+/m1/s1. The molecule has 6 aromatic rings. The number of thioether (sulfide) groups is 1. The molecule has 2 amide bonds. The molecule has 0 radical (unpaired) electrons. The van der Waals surface area contributed by atoms with Crippen molar-refractivity contribution in [2.75, 3.05) is 11.1 Å². The number of hydrogen-bond acceptors (Lipinski definition) is 8. The number of anilines is 1. The van der Waals surface area contributed by atoms with Gasteiger partial charge in [-0.1, -0.05) is 85.8 Å². The fourth-order valence-electron chi connectivity index (χ4n) is 6.45. The van der Waals surface area contributed by atoms with Gasteiger partial charge in [-0.25, -0.2) is 14.6 Å². The van der Waals surface area contributed by atoms with Crippen LogP contribution in [-0.2, 0) is 22.6 Å². The Hall–Kier alpha value is -5.98. The molecule has 0 bridgehead atoms. The number of aromatic nitrogens is 1. The number of carbonyl (C=O) groups is 2. The van der Waals surface area contributed by atoms with E-state index in [0.29, 0.717) is 28.8 Å². The number of aliphatic hydroxyl groups is 1. The van der Waals surface area contributed by atoms with Gasteiger partial charge < -0.3 is 35.1 Å². The minimum absolute atomic E-state index is 0.0555. The fourth-order valence-corrected chi connectivity index (χ4v) is 7.60. The number of rotatable bonds is 13. The first kappa shape index (κ1) is 38.3. The highest BCUT2D eigenvalue weighted by atomic mass is 32.2. The number of urea groups is 1. The second-order valence-corrected chi connectivity index (χ2v) is 14.4. The van der Waals surface area contributed by atoms with Crippen molar-refractivity contribution in [3.63, 3.8) is 0 Å². The third kappa shape index (κ3) is 9.63. The zero-order chi connectivity index (χ0) is 38.9. The lowest BCUT2D eigenvalue weighted by Crippen LogP contribution is -2.38. The van der Waals surface area contributed by atoms with Crippen LogP contribution in [0.2, 0.25) is 0 Å². The molecule has 1 fully saturated rings. The summed E-state index contributed by atoms with van der Waals surface area (Å²) >= 11 is 1.35. The Morgan fingerprint density at radius 3 is 2.25 bits per heavy atom. The predicted octanol–water partition coefficient (Wildman–Crippen LogP) is 9.64. The summed E-state index contributed by atoms with van der Waals surface area (Å²) in [5.74, 6) is 0.744. The number of carbonyl (C=O) groups excluding carboxylic acids is 1. The minimum Gasteiger partial charge on any atom is -0.478 e. The maximum absolute atomic E-state index is 12.8. The number of ether oxygens (including phenoxy) is 3. The predicted molar refractivity (Wildman–Crippen MR) is 216 cm³/mol. The van der Waals surface area contributed by atoms with Crippen molar-refractivity contribution in [1.29, 1.82) is 0 Å². The Balaban J connectivity index is 1.03. The van der Waals surface area contributed by atoms with E-state index in [2.05, 4.69) is 22.5 Å². The summed E-state index contributed by atoms with van der Waals surface area (Å²) in [6.07, 6.45) is 0.231. The molecule has 56 heavy (non-hydrogen) atoms. The molecule has 1 aliphatic heterocycles. The number of aliphatic hydroxyl groups excluding tert-OH is 1. The monoisotopic (exact) mass is 767 g/mol. The first-order chi connectivity index (χ1) is 27.3.